The number of carbonyl (C=O) groups excluding carboxylic acids is 1. The van der Waals surface area contributed by atoms with E-state index in [9.17, 15) is 19.5 Å². The van der Waals surface area contributed by atoms with Crippen LogP contribution in [0.15, 0.2) is 43.4 Å². The molecule has 0 radical (unpaired) electrons. The lowest BCUT2D eigenvalue weighted by Crippen LogP contribution is -2.36. The van der Waals surface area contributed by atoms with Gasteiger partial charge in [-0.2, -0.15) is 5.10 Å². The largest absolute Gasteiger partial charge is 0.494 e. The van der Waals surface area contributed by atoms with Gasteiger partial charge >= 0.3 is 5.69 Å². The number of halogens is 1. The van der Waals surface area contributed by atoms with Crippen molar-refractivity contribution in [2.75, 3.05) is 0 Å². The quantitative estimate of drug-likeness (QED) is 0.684. The first-order valence-corrected chi connectivity index (χ1v) is 11.4. The molecule has 31 heavy (non-hydrogen) atoms. The van der Waals surface area contributed by atoms with Gasteiger partial charge in [-0.05, 0) is 30.5 Å². The van der Waals surface area contributed by atoms with Crippen LogP contribution < -0.4 is 11.2 Å². The van der Waals surface area contributed by atoms with Gasteiger partial charge in [0.15, 0.2) is 0 Å². The molecule has 0 bridgehead atoms. The van der Waals surface area contributed by atoms with Crippen molar-refractivity contribution < 1.29 is 9.90 Å². The molecule has 0 saturated heterocycles. The van der Waals surface area contributed by atoms with Gasteiger partial charge < -0.3 is 5.11 Å². The maximum atomic E-state index is 12.7. The standard InChI is InChI=1S/C22H25BrN4O4/c1-2-18(28)27-17(13-8-10-14(23)11-9-13)12-16(25-27)19-20(29)24-22(31)26(21(19)30)15-6-4-3-5-7-15/h8-11,15,17,30H,2-7,12H2,1H3,(H,24,29,31)/t17-/m0/s1. The van der Waals surface area contributed by atoms with E-state index < -0.39 is 11.2 Å². The van der Waals surface area contributed by atoms with Gasteiger partial charge in [-0.3, -0.25) is 19.1 Å². The average Bonchev–Trinajstić information content (AvgIpc) is 3.19. The summed E-state index contributed by atoms with van der Waals surface area (Å²) < 4.78 is 2.20. The van der Waals surface area contributed by atoms with E-state index in [-0.39, 0.29) is 42.3 Å². The maximum Gasteiger partial charge on any atom is 0.331 e. The maximum absolute atomic E-state index is 12.7. The molecule has 1 atom stereocenters. The second kappa shape index (κ2) is 8.82. The van der Waals surface area contributed by atoms with E-state index in [0.29, 0.717) is 5.71 Å². The summed E-state index contributed by atoms with van der Waals surface area (Å²) in [4.78, 5) is 40.1. The number of nitrogens with one attached hydrogen (secondary N) is 1. The van der Waals surface area contributed by atoms with Crippen molar-refractivity contribution in [1.82, 2.24) is 14.6 Å². The van der Waals surface area contributed by atoms with Crippen molar-refractivity contribution in [3.63, 3.8) is 0 Å². The van der Waals surface area contributed by atoms with E-state index >= 15 is 0 Å². The molecule has 2 aromatic rings. The molecular weight excluding hydrogens is 464 g/mol. The summed E-state index contributed by atoms with van der Waals surface area (Å²) in [5, 5.41) is 16.8. The lowest BCUT2D eigenvalue weighted by atomic mass is 9.95. The highest BCUT2D eigenvalue weighted by molar-refractivity contribution is 9.10. The number of aromatic amines is 1. The first-order valence-electron chi connectivity index (χ1n) is 10.6. The Balaban J connectivity index is 1.78. The van der Waals surface area contributed by atoms with Crippen molar-refractivity contribution in [2.24, 2.45) is 5.10 Å². The van der Waals surface area contributed by atoms with Crippen LogP contribution in [0.5, 0.6) is 5.88 Å². The Kier molecular flexibility index (Phi) is 6.13. The SMILES string of the molecule is CCC(=O)N1N=C(c2c(O)n(C3CCCCC3)c(=O)[nH]c2=O)C[C@H]1c1ccc(Br)cc1. The van der Waals surface area contributed by atoms with E-state index in [2.05, 4.69) is 26.0 Å². The minimum atomic E-state index is -0.686. The van der Waals surface area contributed by atoms with Gasteiger partial charge in [0.25, 0.3) is 5.56 Å². The van der Waals surface area contributed by atoms with Crippen LogP contribution in [0, 0.1) is 0 Å². The van der Waals surface area contributed by atoms with Crippen LogP contribution in [0.4, 0.5) is 0 Å². The molecule has 1 aromatic heterocycles. The van der Waals surface area contributed by atoms with Crippen molar-refractivity contribution in [3.05, 3.63) is 60.7 Å². The molecule has 1 fully saturated rings. The van der Waals surface area contributed by atoms with E-state index in [1.807, 2.05) is 24.3 Å². The Morgan fingerprint density at radius 3 is 2.52 bits per heavy atom. The Hall–Kier alpha value is -2.68. The number of rotatable bonds is 4. The number of hydrogen-bond donors (Lipinski definition) is 2. The highest BCUT2D eigenvalue weighted by Gasteiger charge is 2.35. The smallest absolute Gasteiger partial charge is 0.331 e. The topological polar surface area (TPSA) is 108 Å². The van der Waals surface area contributed by atoms with Crippen LogP contribution >= 0.6 is 15.9 Å². The molecular formula is C22H25BrN4O4. The van der Waals surface area contributed by atoms with Crippen LogP contribution in [-0.4, -0.2) is 31.3 Å². The van der Waals surface area contributed by atoms with Gasteiger partial charge in [-0.25, -0.2) is 9.80 Å². The van der Waals surface area contributed by atoms with E-state index in [0.717, 1.165) is 42.1 Å². The van der Waals surface area contributed by atoms with Crippen LogP contribution in [0.2, 0.25) is 0 Å². The zero-order chi connectivity index (χ0) is 22.1. The average molecular weight is 489 g/mol. The lowest BCUT2D eigenvalue weighted by Gasteiger charge is -2.25. The van der Waals surface area contributed by atoms with Crippen LogP contribution in [0.1, 0.15) is 75.1 Å². The van der Waals surface area contributed by atoms with Crippen molar-refractivity contribution in [3.8, 4) is 5.88 Å². The number of hydrazone groups is 1. The summed E-state index contributed by atoms with van der Waals surface area (Å²) in [5.41, 5.74) is -0.145. The summed E-state index contributed by atoms with van der Waals surface area (Å²) in [7, 11) is 0. The van der Waals surface area contributed by atoms with Crippen molar-refractivity contribution in [1.29, 1.82) is 0 Å². The zero-order valence-electron chi connectivity index (χ0n) is 17.3. The van der Waals surface area contributed by atoms with Crippen molar-refractivity contribution >= 4 is 27.5 Å². The van der Waals surface area contributed by atoms with E-state index in [1.165, 1.54) is 9.58 Å². The number of amides is 1. The first kappa shape index (κ1) is 21.5. The summed E-state index contributed by atoms with van der Waals surface area (Å²) in [6.07, 6.45) is 5.10. The molecule has 1 saturated carbocycles. The minimum Gasteiger partial charge on any atom is -0.494 e. The molecule has 9 heteroatoms. The second-order valence-electron chi connectivity index (χ2n) is 8.03. The van der Waals surface area contributed by atoms with Gasteiger partial charge in [0.2, 0.25) is 11.8 Å². The third-order valence-corrected chi connectivity index (χ3v) is 6.60. The molecule has 2 N–H and O–H groups in total. The monoisotopic (exact) mass is 488 g/mol. The van der Waals surface area contributed by atoms with Crippen LogP contribution in [0.3, 0.4) is 0 Å². The van der Waals surface area contributed by atoms with Crippen molar-refractivity contribution in [2.45, 2.75) is 64.0 Å². The third kappa shape index (κ3) is 4.11. The molecule has 1 aliphatic carbocycles. The summed E-state index contributed by atoms with van der Waals surface area (Å²) in [6.45, 7) is 1.75. The minimum absolute atomic E-state index is 0.0290. The predicted molar refractivity (Wildman–Crippen MR) is 120 cm³/mol. The highest BCUT2D eigenvalue weighted by Crippen LogP contribution is 2.36. The molecule has 1 amide bonds. The van der Waals surface area contributed by atoms with Gasteiger partial charge in [0.1, 0.15) is 5.56 Å². The number of aromatic hydroxyl groups is 1. The van der Waals surface area contributed by atoms with E-state index in [1.54, 1.807) is 6.92 Å². The normalized spacial score (nSPS) is 19.5. The van der Waals surface area contributed by atoms with Crippen LogP contribution in [0.25, 0.3) is 0 Å². The number of H-pyrrole nitrogens is 1. The van der Waals surface area contributed by atoms with Gasteiger partial charge in [0, 0.05) is 23.4 Å². The molecule has 1 aliphatic heterocycles. The Morgan fingerprint density at radius 1 is 1.19 bits per heavy atom. The Bertz CT molecular complexity index is 1130. The first-order chi connectivity index (χ1) is 14.9. The molecule has 0 unspecified atom stereocenters. The van der Waals surface area contributed by atoms with Gasteiger partial charge in [-0.1, -0.05) is 54.2 Å². The summed E-state index contributed by atoms with van der Waals surface area (Å²) in [5.74, 6) is -0.542. The Labute approximate surface area is 187 Å². The number of aromatic nitrogens is 2. The highest BCUT2D eigenvalue weighted by atomic mass is 79.9. The molecule has 2 aliphatic rings. The fraction of sp³-hybridized carbons (Fsp3) is 0.455. The molecule has 8 nitrogen and oxygen atoms in total. The summed E-state index contributed by atoms with van der Waals surface area (Å²) in [6, 6.07) is 7.02. The number of carbonyl (C=O) groups is 1. The number of nitrogens with zero attached hydrogens (tertiary/aromatic N) is 3. The predicted octanol–water partition coefficient (Wildman–Crippen LogP) is 3.60. The van der Waals surface area contributed by atoms with Crippen LogP contribution in [-0.2, 0) is 4.79 Å². The number of benzene rings is 1. The lowest BCUT2D eigenvalue weighted by molar-refractivity contribution is -0.132. The van der Waals surface area contributed by atoms with E-state index in [4.69, 9.17) is 0 Å². The third-order valence-electron chi connectivity index (χ3n) is 6.07. The molecule has 0 spiro atoms. The number of hydrogen-bond acceptors (Lipinski definition) is 5. The molecule has 4 rings (SSSR count). The second-order valence-corrected chi connectivity index (χ2v) is 8.95. The fourth-order valence-electron chi connectivity index (χ4n) is 4.47. The Morgan fingerprint density at radius 2 is 1.87 bits per heavy atom. The van der Waals surface area contributed by atoms with Gasteiger partial charge in [0.05, 0.1) is 11.8 Å². The molecule has 1 aromatic carbocycles. The summed E-state index contributed by atoms with van der Waals surface area (Å²) >= 11 is 3.41. The fourth-order valence-corrected chi connectivity index (χ4v) is 4.74. The zero-order valence-corrected chi connectivity index (χ0v) is 18.9. The molecule has 2 heterocycles. The van der Waals surface area contributed by atoms with Gasteiger partial charge in [-0.15, -0.1) is 0 Å². The molecule has 164 valence electrons.